The first-order valence-electron chi connectivity index (χ1n) is 10.5. The second-order valence-corrected chi connectivity index (χ2v) is 9.01. The summed E-state index contributed by atoms with van der Waals surface area (Å²) < 4.78 is 3.21. The van der Waals surface area contributed by atoms with E-state index in [1.807, 2.05) is 18.2 Å². The van der Waals surface area contributed by atoms with Crippen LogP contribution in [0.25, 0.3) is 10.2 Å². The molecule has 0 radical (unpaired) electrons. The van der Waals surface area contributed by atoms with Crippen molar-refractivity contribution in [3.05, 3.63) is 79.0 Å². The number of aryl methyl sites for hydroxylation is 1. The van der Waals surface area contributed by atoms with E-state index >= 15 is 0 Å². The molecule has 2 aromatic heterocycles. The summed E-state index contributed by atoms with van der Waals surface area (Å²) in [4.78, 5) is 46.5. The number of nitrogens with zero attached hydrogens (tertiary/aromatic N) is 4. The molecule has 8 nitrogen and oxygen atoms in total. The van der Waals surface area contributed by atoms with Crippen LogP contribution in [-0.4, -0.2) is 24.9 Å². The van der Waals surface area contributed by atoms with E-state index in [2.05, 4.69) is 22.2 Å². The number of ketones is 1. The van der Waals surface area contributed by atoms with Gasteiger partial charge < -0.3 is 5.32 Å². The predicted molar refractivity (Wildman–Crippen MR) is 131 cm³/mol. The Balaban J connectivity index is 1.78. The number of benzene rings is 2. The first-order chi connectivity index (χ1) is 15.9. The molecule has 0 spiro atoms. The van der Waals surface area contributed by atoms with Crippen LogP contribution in [-0.2, 0) is 24.3 Å². The average Bonchev–Trinajstić information content (AvgIpc) is 3.23. The molecular formula is C23H22ClN5O3S. The molecule has 4 aromatic rings. The van der Waals surface area contributed by atoms with Gasteiger partial charge in [-0.2, -0.15) is 4.98 Å². The van der Waals surface area contributed by atoms with E-state index in [0.29, 0.717) is 10.7 Å². The number of aromatic nitrogens is 4. The Bertz CT molecular complexity index is 1440. The molecule has 0 amide bonds. The van der Waals surface area contributed by atoms with Crippen molar-refractivity contribution in [2.24, 2.45) is 0 Å². The summed E-state index contributed by atoms with van der Waals surface area (Å²) in [6, 6.07) is 12.7. The normalized spacial score (nSPS) is 11.1. The number of carbonyl (C=O) groups excluding carboxylic acids is 1. The Labute approximate surface area is 198 Å². The quantitative estimate of drug-likeness (QED) is 0.406. The van der Waals surface area contributed by atoms with Crippen LogP contribution in [0.15, 0.2) is 52.1 Å². The van der Waals surface area contributed by atoms with Gasteiger partial charge in [-0.05, 0) is 42.3 Å². The lowest BCUT2D eigenvalue weighted by Crippen LogP contribution is -2.44. The fourth-order valence-electron chi connectivity index (χ4n) is 3.29. The lowest BCUT2D eigenvalue weighted by Gasteiger charge is -2.15. The van der Waals surface area contributed by atoms with Crippen LogP contribution in [0, 0.1) is 0 Å². The monoisotopic (exact) mass is 483 g/mol. The van der Waals surface area contributed by atoms with Gasteiger partial charge in [0.1, 0.15) is 0 Å². The predicted octanol–water partition coefficient (Wildman–Crippen LogP) is 4.00. The number of thiazole rings is 1. The van der Waals surface area contributed by atoms with Gasteiger partial charge in [-0.25, -0.2) is 19.1 Å². The topological polar surface area (TPSA) is 98.9 Å². The highest BCUT2D eigenvalue weighted by Crippen LogP contribution is 2.26. The van der Waals surface area contributed by atoms with E-state index in [0.717, 1.165) is 31.8 Å². The molecule has 0 unspecified atom stereocenters. The van der Waals surface area contributed by atoms with Gasteiger partial charge in [0.15, 0.2) is 5.78 Å². The number of hydrogen-bond donors (Lipinski definition) is 1. The van der Waals surface area contributed by atoms with Crippen molar-refractivity contribution in [2.45, 2.75) is 39.8 Å². The first kappa shape index (κ1) is 22.9. The Kier molecular flexibility index (Phi) is 6.71. The number of anilines is 2. The van der Waals surface area contributed by atoms with E-state index in [9.17, 15) is 14.4 Å². The van der Waals surface area contributed by atoms with Crippen molar-refractivity contribution >= 4 is 50.6 Å². The van der Waals surface area contributed by atoms with E-state index < -0.39 is 11.4 Å². The zero-order chi connectivity index (χ0) is 23.5. The zero-order valence-corrected chi connectivity index (χ0v) is 19.7. The standard InChI is InChI=1S/C23H22ClN5O3S/c1-3-17(30)13-29-22(31)27-21(28(23(29)32)12-14-5-7-15(24)8-6-14)25-16-9-10-18-19(11-16)33-20(4-2)26-18/h5-11H,3-4,12-13H2,1-2H3,(H,25,27,31). The van der Waals surface area contributed by atoms with Gasteiger partial charge in [0.25, 0.3) is 0 Å². The van der Waals surface area contributed by atoms with Gasteiger partial charge in [-0.3, -0.25) is 9.36 Å². The minimum Gasteiger partial charge on any atom is -0.325 e. The van der Waals surface area contributed by atoms with Crippen molar-refractivity contribution in [3.63, 3.8) is 0 Å². The summed E-state index contributed by atoms with van der Waals surface area (Å²) in [5.74, 6) is -0.128. The van der Waals surface area contributed by atoms with Crippen LogP contribution in [0.2, 0.25) is 5.02 Å². The van der Waals surface area contributed by atoms with Crippen LogP contribution in [0.4, 0.5) is 11.6 Å². The second kappa shape index (κ2) is 9.68. The summed E-state index contributed by atoms with van der Waals surface area (Å²) in [5.41, 5.74) is 0.976. The minimum absolute atomic E-state index is 0.0970. The average molecular weight is 484 g/mol. The van der Waals surface area contributed by atoms with E-state index in [-0.39, 0.29) is 31.2 Å². The lowest BCUT2D eigenvalue weighted by molar-refractivity contribution is -0.119. The van der Waals surface area contributed by atoms with Gasteiger partial charge in [0, 0.05) is 17.1 Å². The lowest BCUT2D eigenvalue weighted by atomic mass is 10.2. The molecule has 0 aliphatic rings. The molecule has 4 rings (SSSR count). The Hall–Kier alpha value is -3.30. The van der Waals surface area contributed by atoms with Gasteiger partial charge in [0.05, 0.1) is 28.3 Å². The molecule has 170 valence electrons. The maximum absolute atomic E-state index is 13.2. The Morgan fingerprint density at radius 1 is 1.06 bits per heavy atom. The van der Waals surface area contributed by atoms with Crippen molar-refractivity contribution in [3.8, 4) is 0 Å². The summed E-state index contributed by atoms with van der Waals surface area (Å²) in [6.45, 7) is 3.57. The molecule has 0 atom stereocenters. The fraction of sp³-hybridized carbons (Fsp3) is 0.261. The summed E-state index contributed by atoms with van der Waals surface area (Å²) in [7, 11) is 0. The van der Waals surface area contributed by atoms with Gasteiger partial charge >= 0.3 is 11.4 Å². The zero-order valence-electron chi connectivity index (χ0n) is 18.2. The highest BCUT2D eigenvalue weighted by Gasteiger charge is 2.16. The number of rotatable bonds is 8. The van der Waals surface area contributed by atoms with Crippen LogP contribution in [0.3, 0.4) is 0 Å². The summed E-state index contributed by atoms with van der Waals surface area (Å²) >= 11 is 7.58. The van der Waals surface area contributed by atoms with Gasteiger partial charge in [-0.1, -0.05) is 37.6 Å². The third-order valence-electron chi connectivity index (χ3n) is 5.12. The van der Waals surface area contributed by atoms with Crippen molar-refractivity contribution in [2.75, 3.05) is 5.32 Å². The van der Waals surface area contributed by atoms with Crippen LogP contribution in [0.1, 0.15) is 30.8 Å². The molecule has 0 aliphatic carbocycles. The Morgan fingerprint density at radius 3 is 2.52 bits per heavy atom. The molecule has 33 heavy (non-hydrogen) atoms. The molecule has 0 aliphatic heterocycles. The number of halogens is 1. The molecule has 10 heteroatoms. The number of hydrogen-bond acceptors (Lipinski definition) is 7. The van der Waals surface area contributed by atoms with E-state index in [4.69, 9.17) is 11.6 Å². The molecule has 2 aromatic carbocycles. The largest absolute Gasteiger partial charge is 0.355 e. The maximum atomic E-state index is 13.2. The van der Waals surface area contributed by atoms with Gasteiger partial charge in [-0.15, -0.1) is 11.3 Å². The third kappa shape index (κ3) is 5.04. The minimum atomic E-state index is -0.774. The Morgan fingerprint density at radius 2 is 1.82 bits per heavy atom. The van der Waals surface area contributed by atoms with E-state index in [1.165, 1.54) is 4.57 Å². The van der Waals surface area contributed by atoms with E-state index in [1.54, 1.807) is 42.5 Å². The third-order valence-corrected chi connectivity index (χ3v) is 6.54. The molecule has 0 fully saturated rings. The van der Waals surface area contributed by atoms with Crippen LogP contribution >= 0.6 is 22.9 Å². The molecule has 0 saturated carbocycles. The first-order valence-corrected chi connectivity index (χ1v) is 11.7. The molecular weight excluding hydrogens is 462 g/mol. The molecule has 0 bridgehead atoms. The SMILES string of the molecule is CCC(=O)Cn1c(=O)nc(Nc2ccc3nc(CC)sc3c2)n(Cc2ccc(Cl)cc2)c1=O. The van der Waals surface area contributed by atoms with Crippen LogP contribution in [0.5, 0.6) is 0 Å². The molecule has 1 N–H and O–H groups in total. The number of Topliss-reactive ketones (excluding diaryl/α,β-unsaturated/α-hetero) is 1. The smallest absolute Gasteiger partial charge is 0.325 e. The summed E-state index contributed by atoms with van der Waals surface area (Å²) in [5, 5.41) is 4.71. The fourth-order valence-corrected chi connectivity index (χ4v) is 4.37. The number of fused-ring (bicyclic) bond motifs is 1. The van der Waals surface area contributed by atoms with Crippen molar-refractivity contribution in [1.82, 2.24) is 19.1 Å². The van der Waals surface area contributed by atoms with Gasteiger partial charge in [0.2, 0.25) is 5.95 Å². The van der Waals surface area contributed by atoms with Crippen LogP contribution < -0.4 is 16.7 Å². The van der Waals surface area contributed by atoms with Crippen molar-refractivity contribution < 1.29 is 4.79 Å². The maximum Gasteiger partial charge on any atom is 0.355 e. The highest BCUT2D eigenvalue weighted by atomic mass is 35.5. The highest BCUT2D eigenvalue weighted by molar-refractivity contribution is 7.18. The van der Waals surface area contributed by atoms with Crippen molar-refractivity contribution in [1.29, 1.82) is 0 Å². The number of carbonyl (C=O) groups is 1. The number of nitrogens with one attached hydrogen (secondary N) is 1. The molecule has 2 heterocycles. The summed E-state index contributed by atoms with van der Waals surface area (Å²) in [6.07, 6.45) is 1.07. The molecule has 0 saturated heterocycles. The second-order valence-electron chi connectivity index (χ2n) is 7.46.